The smallest absolute Gasteiger partial charge is 0.266 e. The topological polar surface area (TPSA) is 74.8 Å². The van der Waals surface area contributed by atoms with Gasteiger partial charge in [-0.25, -0.2) is 12.8 Å². The number of nitrogens with one attached hydrogen (secondary N) is 2. The van der Waals surface area contributed by atoms with Gasteiger partial charge >= 0.3 is 0 Å². The molecule has 1 saturated carbocycles. The van der Waals surface area contributed by atoms with Gasteiger partial charge in [0.25, 0.3) is 10.0 Å². The molecule has 0 aliphatic heterocycles. The molecule has 1 heterocycles. The Morgan fingerprint density at radius 3 is 2.70 bits per heavy atom. The Morgan fingerprint density at radius 2 is 2.05 bits per heavy atom. The fraction of sp³-hybridized carbons (Fsp3) is 0.308. The Bertz CT molecular complexity index is 751. The standard InChI is InChI=1S/C13H14FN3O2S/c1-8-12(9-6-7-9)15-16-13(8)17-20(18,19)11-5-3-2-4-10(11)14/h2-5,9H,6-7H2,1H3,(H2,15,16,17). The van der Waals surface area contributed by atoms with Gasteiger partial charge in [0, 0.05) is 17.2 Å². The fourth-order valence-electron chi connectivity index (χ4n) is 2.13. The first kappa shape index (κ1) is 13.1. The summed E-state index contributed by atoms with van der Waals surface area (Å²) in [7, 11) is -3.97. The van der Waals surface area contributed by atoms with Crippen LogP contribution in [0.4, 0.5) is 10.2 Å². The number of hydrogen-bond donors (Lipinski definition) is 2. The summed E-state index contributed by atoms with van der Waals surface area (Å²) in [6.07, 6.45) is 2.17. The van der Waals surface area contributed by atoms with Crippen LogP contribution in [0.2, 0.25) is 0 Å². The van der Waals surface area contributed by atoms with Crippen LogP contribution in [0, 0.1) is 12.7 Å². The molecule has 5 nitrogen and oxygen atoms in total. The summed E-state index contributed by atoms with van der Waals surface area (Å²) in [6.45, 7) is 1.80. The molecule has 2 N–H and O–H groups in total. The van der Waals surface area contributed by atoms with Crippen molar-refractivity contribution in [3.63, 3.8) is 0 Å². The molecule has 3 rings (SSSR count). The van der Waals surface area contributed by atoms with Crippen molar-refractivity contribution in [1.29, 1.82) is 0 Å². The average Bonchev–Trinajstić information content (AvgIpc) is 3.17. The van der Waals surface area contributed by atoms with Gasteiger partial charge in [-0.2, -0.15) is 5.10 Å². The summed E-state index contributed by atoms with van der Waals surface area (Å²) in [5.74, 6) is -0.111. The van der Waals surface area contributed by atoms with Crippen molar-refractivity contribution < 1.29 is 12.8 Å². The Hall–Kier alpha value is -1.89. The molecule has 1 fully saturated rings. The molecular formula is C13H14FN3O2S. The summed E-state index contributed by atoms with van der Waals surface area (Å²) >= 11 is 0. The minimum Gasteiger partial charge on any atom is -0.280 e. The van der Waals surface area contributed by atoms with Gasteiger partial charge in [-0.05, 0) is 31.9 Å². The molecular weight excluding hydrogens is 281 g/mol. The van der Waals surface area contributed by atoms with Crippen molar-refractivity contribution in [2.45, 2.75) is 30.6 Å². The summed E-state index contributed by atoms with van der Waals surface area (Å²) in [5, 5.41) is 6.83. The second-order valence-corrected chi connectivity index (χ2v) is 6.57. The number of rotatable bonds is 4. The number of anilines is 1. The minimum atomic E-state index is -3.97. The fourth-order valence-corrected chi connectivity index (χ4v) is 3.27. The third-order valence-electron chi connectivity index (χ3n) is 3.39. The molecule has 1 aromatic carbocycles. The zero-order valence-electron chi connectivity index (χ0n) is 10.9. The Kier molecular flexibility index (Phi) is 3.01. The first-order chi connectivity index (χ1) is 9.49. The molecule has 1 aliphatic rings. The van der Waals surface area contributed by atoms with E-state index in [4.69, 9.17) is 0 Å². The summed E-state index contributed by atoms with van der Waals surface area (Å²) < 4.78 is 40.2. The van der Waals surface area contributed by atoms with Gasteiger partial charge in [0.2, 0.25) is 0 Å². The van der Waals surface area contributed by atoms with E-state index in [1.807, 2.05) is 0 Å². The van der Waals surface area contributed by atoms with Crippen molar-refractivity contribution in [2.75, 3.05) is 4.72 Å². The molecule has 0 radical (unpaired) electrons. The molecule has 20 heavy (non-hydrogen) atoms. The van der Waals surface area contributed by atoms with Crippen molar-refractivity contribution in [3.05, 3.63) is 41.3 Å². The predicted molar refractivity (Wildman–Crippen MR) is 72.5 cm³/mol. The van der Waals surface area contributed by atoms with Gasteiger partial charge in [-0.3, -0.25) is 9.82 Å². The number of halogens is 1. The number of H-pyrrole nitrogens is 1. The summed E-state index contributed by atoms with van der Waals surface area (Å²) in [4.78, 5) is -0.379. The van der Waals surface area contributed by atoms with Crippen LogP contribution in [-0.4, -0.2) is 18.6 Å². The number of hydrogen-bond acceptors (Lipinski definition) is 3. The lowest BCUT2D eigenvalue weighted by Crippen LogP contribution is -2.15. The largest absolute Gasteiger partial charge is 0.280 e. The second-order valence-electron chi connectivity index (χ2n) is 4.92. The van der Waals surface area contributed by atoms with Gasteiger partial charge in [0.1, 0.15) is 10.7 Å². The molecule has 0 amide bonds. The van der Waals surface area contributed by atoms with Gasteiger partial charge < -0.3 is 0 Å². The first-order valence-corrected chi connectivity index (χ1v) is 7.79. The molecule has 0 saturated heterocycles. The average molecular weight is 295 g/mol. The molecule has 0 spiro atoms. The number of benzene rings is 1. The highest BCUT2D eigenvalue weighted by Gasteiger charge is 2.29. The maximum atomic E-state index is 13.6. The van der Waals surface area contributed by atoms with E-state index >= 15 is 0 Å². The van der Waals surface area contributed by atoms with E-state index < -0.39 is 15.8 Å². The molecule has 1 aliphatic carbocycles. The normalized spacial score (nSPS) is 15.3. The number of sulfonamides is 1. The summed E-state index contributed by atoms with van der Waals surface area (Å²) in [5.41, 5.74) is 1.73. The second kappa shape index (κ2) is 4.59. The molecule has 0 bridgehead atoms. The summed E-state index contributed by atoms with van der Waals surface area (Å²) in [6, 6.07) is 5.26. The van der Waals surface area contributed by atoms with Crippen LogP contribution < -0.4 is 4.72 Å². The lowest BCUT2D eigenvalue weighted by molar-refractivity contribution is 0.570. The Balaban J connectivity index is 1.92. The lowest BCUT2D eigenvalue weighted by Gasteiger charge is -2.07. The van der Waals surface area contributed by atoms with Crippen LogP contribution in [0.25, 0.3) is 0 Å². The molecule has 2 aromatic rings. The van der Waals surface area contributed by atoms with Crippen LogP contribution in [-0.2, 0) is 10.0 Å². The highest BCUT2D eigenvalue weighted by atomic mass is 32.2. The van der Waals surface area contributed by atoms with E-state index in [9.17, 15) is 12.8 Å². The van der Waals surface area contributed by atoms with E-state index in [1.54, 1.807) is 6.92 Å². The maximum Gasteiger partial charge on any atom is 0.266 e. The van der Waals surface area contributed by atoms with Gasteiger partial charge in [0.05, 0.1) is 0 Å². The van der Waals surface area contributed by atoms with Crippen molar-refractivity contribution in [2.24, 2.45) is 0 Å². The Morgan fingerprint density at radius 1 is 1.35 bits per heavy atom. The monoisotopic (exact) mass is 295 g/mol. The predicted octanol–water partition coefficient (Wildman–Crippen LogP) is 2.54. The molecule has 7 heteroatoms. The van der Waals surface area contributed by atoms with Gasteiger partial charge in [-0.15, -0.1) is 0 Å². The number of aromatic nitrogens is 2. The van der Waals surface area contributed by atoms with Crippen LogP contribution in [0.3, 0.4) is 0 Å². The third kappa shape index (κ3) is 2.29. The SMILES string of the molecule is Cc1c(NS(=O)(=O)c2ccccc2F)n[nH]c1C1CC1. The molecule has 0 atom stereocenters. The van der Waals surface area contributed by atoms with E-state index in [1.165, 1.54) is 18.2 Å². The van der Waals surface area contributed by atoms with E-state index in [-0.39, 0.29) is 10.7 Å². The van der Waals surface area contributed by atoms with Crippen molar-refractivity contribution >= 4 is 15.8 Å². The quantitative estimate of drug-likeness (QED) is 0.910. The lowest BCUT2D eigenvalue weighted by atomic mass is 10.2. The van der Waals surface area contributed by atoms with Crippen molar-refractivity contribution in [3.8, 4) is 0 Å². The third-order valence-corrected chi connectivity index (χ3v) is 4.76. The highest BCUT2D eigenvalue weighted by Crippen LogP contribution is 2.41. The minimum absolute atomic E-state index is 0.232. The van der Waals surface area contributed by atoms with E-state index in [0.717, 1.165) is 30.2 Å². The van der Waals surface area contributed by atoms with Gasteiger partial charge in [-0.1, -0.05) is 12.1 Å². The number of nitrogens with zero attached hydrogens (tertiary/aromatic N) is 1. The van der Waals surface area contributed by atoms with E-state index in [0.29, 0.717) is 5.92 Å². The Labute approximate surface area is 116 Å². The maximum absolute atomic E-state index is 13.6. The van der Waals surface area contributed by atoms with E-state index in [2.05, 4.69) is 14.9 Å². The van der Waals surface area contributed by atoms with Crippen LogP contribution in [0.15, 0.2) is 29.2 Å². The first-order valence-electron chi connectivity index (χ1n) is 6.31. The van der Waals surface area contributed by atoms with Crippen LogP contribution in [0.1, 0.15) is 30.0 Å². The van der Waals surface area contributed by atoms with Crippen LogP contribution >= 0.6 is 0 Å². The van der Waals surface area contributed by atoms with Crippen molar-refractivity contribution in [1.82, 2.24) is 10.2 Å². The molecule has 1 aromatic heterocycles. The zero-order valence-corrected chi connectivity index (χ0v) is 11.7. The van der Waals surface area contributed by atoms with Gasteiger partial charge in [0.15, 0.2) is 5.82 Å². The highest BCUT2D eigenvalue weighted by molar-refractivity contribution is 7.92. The molecule has 106 valence electrons. The number of aromatic amines is 1. The zero-order chi connectivity index (χ0) is 14.3. The molecule has 0 unspecified atom stereocenters. The van der Waals surface area contributed by atoms with Crippen LogP contribution in [0.5, 0.6) is 0 Å².